The molecule has 0 saturated heterocycles. The van der Waals surface area contributed by atoms with Crippen LogP contribution in [-0.4, -0.2) is 18.4 Å². The van der Waals surface area contributed by atoms with E-state index in [-0.39, 0.29) is 5.78 Å². The molecule has 2 nitrogen and oxygen atoms in total. The van der Waals surface area contributed by atoms with Crippen molar-refractivity contribution < 1.29 is 4.79 Å². The zero-order chi connectivity index (χ0) is 12.3. The van der Waals surface area contributed by atoms with Crippen molar-refractivity contribution in [2.24, 2.45) is 0 Å². The predicted molar refractivity (Wildman–Crippen MR) is 70.5 cm³/mol. The lowest BCUT2D eigenvalue weighted by atomic mass is 9.80. The van der Waals surface area contributed by atoms with Gasteiger partial charge in [-0.2, -0.15) is 0 Å². The van der Waals surface area contributed by atoms with Crippen molar-refractivity contribution >= 4 is 5.78 Å². The Hall–Kier alpha value is -1.15. The summed E-state index contributed by atoms with van der Waals surface area (Å²) in [4.78, 5) is 11.9. The summed E-state index contributed by atoms with van der Waals surface area (Å²) in [5.41, 5.74) is 2.21. The smallest absolute Gasteiger partial charge is 0.176 e. The van der Waals surface area contributed by atoms with Crippen molar-refractivity contribution in [2.75, 3.05) is 6.54 Å². The Labute approximate surface area is 103 Å². The average Bonchev–Trinajstić information content (AvgIpc) is 2.24. The molecule has 0 amide bonds. The molecular weight excluding hydrogens is 210 g/mol. The largest absolute Gasteiger partial charge is 0.307 e. The summed E-state index contributed by atoms with van der Waals surface area (Å²) in [5.74, 6) is 0.923. The second kappa shape index (κ2) is 5.46. The molecule has 1 N–H and O–H groups in total. The Morgan fingerprint density at radius 1 is 1.29 bits per heavy atom. The summed E-state index contributed by atoms with van der Waals surface area (Å²) in [5, 5.41) is 3.15. The molecule has 0 radical (unpaired) electrons. The first-order chi connectivity index (χ1) is 8.16. The average molecular weight is 231 g/mol. The molecule has 0 bridgehead atoms. The molecule has 0 aromatic heterocycles. The Morgan fingerprint density at radius 3 is 2.41 bits per heavy atom. The van der Waals surface area contributed by atoms with E-state index in [2.05, 4.69) is 17.4 Å². The first-order valence-corrected chi connectivity index (χ1v) is 6.53. The van der Waals surface area contributed by atoms with Crippen molar-refractivity contribution in [2.45, 2.75) is 45.1 Å². The molecule has 1 fully saturated rings. The van der Waals surface area contributed by atoms with Crippen LogP contribution < -0.4 is 5.32 Å². The molecule has 0 unspecified atom stereocenters. The minimum atomic E-state index is 0.179. The third kappa shape index (κ3) is 3.16. The molecule has 0 heterocycles. The summed E-state index contributed by atoms with van der Waals surface area (Å²) in [7, 11) is 0. The Kier molecular flexibility index (Phi) is 3.95. The predicted octanol–water partition coefficient (Wildman–Crippen LogP) is 3.13. The molecule has 0 spiro atoms. The van der Waals surface area contributed by atoms with Gasteiger partial charge in [0.1, 0.15) is 0 Å². The van der Waals surface area contributed by atoms with E-state index in [0.717, 1.165) is 11.5 Å². The molecule has 1 saturated carbocycles. The fourth-order valence-corrected chi connectivity index (χ4v) is 2.08. The molecule has 1 aromatic rings. The number of hydrogen-bond acceptors (Lipinski definition) is 2. The van der Waals surface area contributed by atoms with Crippen LogP contribution in [0.25, 0.3) is 0 Å². The molecular formula is C15H21NO. The third-order valence-electron chi connectivity index (χ3n) is 3.48. The van der Waals surface area contributed by atoms with E-state index in [9.17, 15) is 4.79 Å². The van der Waals surface area contributed by atoms with E-state index < -0.39 is 0 Å². The highest BCUT2D eigenvalue weighted by Crippen LogP contribution is 2.36. The highest BCUT2D eigenvalue weighted by molar-refractivity contribution is 5.97. The molecule has 2 rings (SSSR count). The van der Waals surface area contributed by atoms with E-state index in [1.165, 1.54) is 24.8 Å². The normalized spacial score (nSPS) is 15.9. The van der Waals surface area contributed by atoms with Gasteiger partial charge < -0.3 is 5.32 Å². The van der Waals surface area contributed by atoms with Crippen molar-refractivity contribution in [3.63, 3.8) is 0 Å². The van der Waals surface area contributed by atoms with Gasteiger partial charge in [-0.15, -0.1) is 0 Å². The first kappa shape index (κ1) is 12.3. The highest BCUT2D eigenvalue weighted by Gasteiger charge is 2.19. The maximum atomic E-state index is 11.9. The standard InChI is InChI=1S/C15H21NO/c1-11(2)16-10-15(17)14-8-6-13(7-9-14)12-4-3-5-12/h6-9,11-12,16H,3-5,10H2,1-2H3. The minimum absolute atomic E-state index is 0.179. The van der Waals surface area contributed by atoms with E-state index in [4.69, 9.17) is 0 Å². The maximum absolute atomic E-state index is 11.9. The Balaban J connectivity index is 1.94. The van der Waals surface area contributed by atoms with Crippen LogP contribution in [0.2, 0.25) is 0 Å². The summed E-state index contributed by atoms with van der Waals surface area (Å²) >= 11 is 0. The van der Waals surface area contributed by atoms with Crippen LogP contribution in [0.1, 0.15) is 54.9 Å². The molecule has 92 valence electrons. The second-order valence-corrected chi connectivity index (χ2v) is 5.21. The lowest BCUT2D eigenvalue weighted by Crippen LogP contribution is -2.29. The van der Waals surface area contributed by atoms with Gasteiger partial charge in [-0.3, -0.25) is 4.79 Å². The second-order valence-electron chi connectivity index (χ2n) is 5.21. The van der Waals surface area contributed by atoms with E-state index in [1.54, 1.807) is 0 Å². The monoisotopic (exact) mass is 231 g/mol. The van der Waals surface area contributed by atoms with Crippen LogP contribution >= 0.6 is 0 Å². The van der Waals surface area contributed by atoms with Gasteiger partial charge >= 0.3 is 0 Å². The molecule has 1 aliphatic carbocycles. The maximum Gasteiger partial charge on any atom is 0.176 e. The summed E-state index contributed by atoms with van der Waals surface area (Å²) in [6.07, 6.45) is 3.97. The van der Waals surface area contributed by atoms with Gasteiger partial charge in [-0.05, 0) is 24.3 Å². The summed E-state index contributed by atoms with van der Waals surface area (Å²) in [6.45, 7) is 4.53. The number of hydrogen-bond donors (Lipinski definition) is 1. The SMILES string of the molecule is CC(C)NCC(=O)c1ccc(C2CCC2)cc1. The number of carbonyl (C=O) groups is 1. The van der Waals surface area contributed by atoms with Crippen LogP contribution in [0, 0.1) is 0 Å². The molecule has 0 aliphatic heterocycles. The van der Waals surface area contributed by atoms with Crippen molar-refractivity contribution in [1.82, 2.24) is 5.32 Å². The van der Waals surface area contributed by atoms with Crippen molar-refractivity contribution in [3.8, 4) is 0 Å². The number of carbonyl (C=O) groups excluding carboxylic acids is 1. The number of benzene rings is 1. The van der Waals surface area contributed by atoms with Gasteiger partial charge in [0.05, 0.1) is 6.54 Å². The Bertz CT molecular complexity index is 376. The number of Topliss-reactive ketones (excluding diaryl/α,β-unsaturated/α-hetero) is 1. The Morgan fingerprint density at radius 2 is 1.94 bits per heavy atom. The third-order valence-corrected chi connectivity index (χ3v) is 3.48. The van der Waals surface area contributed by atoms with Crippen LogP contribution in [0.4, 0.5) is 0 Å². The molecule has 1 aromatic carbocycles. The van der Waals surface area contributed by atoms with Gasteiger partial charge in [0.2, 0.25) is 0 Å². The minimum Gasteiger partial charge on any atom is -0.307 e. The lowest BCUT2D eigenvalue weighted by molar-refractivity contribution is 0.0988. The molecule has 1 aliphatic rings. The number of rotatable bonds is 5. The van der Waals surface area contributed by atoms with Crippen molar-refractivity contribution in [1.29, 1.82) is 0 Å². The lowest BCUT2D eigenvalue weighted by Gasteiger charge is -2.25. The summed E-state index contributed by atoms with van der Waals surface area (Å²) < 4.78 is 0. The van der Waals surface area contributed by atoms with Gasteiger partial charge in [0, 0.05) is 11.6 Å². The summed E-state index contributed by atoms with van der Waals surface area (Å²) in [6, 6.07) is 8.53. The molecule has 2 heteroatoms. The van der Waals surface area contributed by atoms with Crippen LogP contribution in [-0.2, 0) is 0 Å². The van der Waals surface area contributed by atoms with E-state index in [0.29, 0.717) is 12.6 Å². The fraction of sp³-hybridized carbons (Fsp3) is 0.533. The van der Waals surface area contributed by atoms with Gasteiger partial charge in [0.15, 0.2) is 5.78 Å². The van der Waals surface area contributed by atoms with Crippen LogP contribution in [0.15, 0.2) is 24.3 Å². The van der Waals surface area contributed by atoms with Gasteiger partial charge in [-0.1, -0.05) is 44.5 Å². The van der Waals surface area contributed by atoms with Crippen LogP contribution in [0.5, 0.6) is 0 Å². The van der Waals surface area contributed by atoms with Gasteiger partial charge in [0.25, 0.3) is 0 Å². The van der Waals surface area contributed by atoms with Crippen LogP contribution in [0.3, 0.4) is 0 Å². The topological polar surface area (TPSA) is 29.1 Å². The van der Waals surface area contributed by atoms with Crippen molar-refractivity contribution in [3.05, 3.63) is 35.4 Å². The zero-order valence-corrected chi connectivity index (χ0v) is 10.7. The van der Waals surface area contributed by atoms with E-state index >= 15 is 0 Å². The highest BCUT2D eigenvalue weighted by atomic mass is 16.1. The van der Waals surface area contributed by atoms with Gasteiger partial charge in [-0.25, -0.2) is 0 Å². The zero-order valence-electron chi connectivity index (χ0n) is 10.7. The molecule has 0 atom stereocenters. The van der Waals surface area contributed by atoms with E-state index in [1.807, 2.05) is 26.0 Å². The fourth-order valence-electron chi connectivity index (χ4n) is 2.08. The number of nitrogens with one attached hydrogen (secondary N) is 1. The first-order valence-electron chi connectivity index (χ1n) is 6.53. The molecule has 17 heavy (non-hydrogen) atoms. The number of ketones is 1. The quantitative estimate of drug-likeness (QED) is 0.789.